The van der Waals surface area contributed by atoms with Gasteiger partial charge < -0.3 is 9.47 Å². The van der Waals surface area contributed by atoms with Gasteiger partial charge in [-0.2, -0.15) is 0 Å². The maximum atomic E-state index is 5.58. The first kappa shape index (κ1) is 18.8. The van der Waals surface area contributed by atoms with Gasteiger partial charge in [-0.15, -0.1) is 0 Å². The Morgan fingerprint density at radius 1 is 0.857 bits per heavy atom. The van der Waals surface area contributed by atoms with Crippen molar-refractivity contribution in [2.24, 2.45) is 0 Å². The van der Waals surface area contributed by atoms with Gasteiger partial charge in [0.15, 0.2) is 11.5 Å². The van der Waals surface area contributed by atoms with Crippen molar-refractivity contribution in [3.63, 3.8) is 0 Å². The highest BCUT2D eigenvalue weighted by atomic mass is 28.3. The molecule has 28 heavy (non-hydrogen) atoms. The standard InChI is InChI=1S/C25H28O2Si/c1-19-20(11-7-13-23(19)21-9-5-4-6-10-21)12-8-16-28(2,3)22-14-15-24-25(17-22)27-18-26-24/h4-7,9-11,13-15,17H,8,12,16,18H2,1-3H3. The van der Waals surface area contributed by atoms with Crippen LogP contribution in [0.3, 0.4) is 0 Å². The number of aryl methyl sites for hydroxylation is 1. The van der Waals surface area contributed by atoms with E-state index < -0.39 is 8.07 Å². The van der Waals surface area contributed by atoms with Crippen LogP contribution in [0.15, 0.2) is 66.7 Å². The fourth-order valence-electron chi connectivity index (χ4n) is 4.07. The van der Waals surface area contributed by atoms with Crippen LogP contribution in [0.1, 0.15) is 17.5 Å². The molecule has 0 bridgehead atoms. The first-order valence-electron chi connectivity index (χ1n) is 10.1. The molecule has 3 heteroatoms. The summed E-state index contributed by atoms with van der Waals surface area (Å²) in [6.45, 7) is 7.52. The zero-order valence-electron chi connectivity index (χ0n) is 17.0. The van der Waals surface area contributed by atoms with E-state index in [-0.39, 0.29) is 0 Å². The predicted octanol–water partition coefficient (Wildman–Crippen LogP) is 5.94. The summed E-state index contributed by atoms with van der Waals surface area (Å²) in [6.07, 6.45) is 2.35. The fourth-order valence-corrected chi connectivity index (χ4v) is 6.47. The highest BCUT2D eigenvalue weighted by Crippen LogP contribution is 2.32. The molecular formula is C25H28O2Si. The van der Waals surface area contributed by atoms with E-state index in [0.29, 0.717) is 6.79 Å². The number of ether oxygens (including phenoxy) is 2. The van der Waals surface area contributed by atoms with E-state index in [9.17, 15) is 0 Å². The Balaban J connectivity index is 1.45. The van der Waals surface area contributed by atoms with Crippen molar-refractivity contribution in [1.82, 2.24) is 0 Å². The Morgan fingerprint density at radius 3 is 2.46 bits per heavy atom. The molecular weight excluding hydrogens is 360 g/mol. The normalized spacial score (nSPS) is 13.0. The van der Waals surface area contributed by atoms with Crippen LogP contribution in [0.5, 0.6) is 11.5 Å². The molecule has 1 aliphatic heterocycles. The molecule has 2 nitrogen and oxygen atoms in total. The van der Waals surface area contributed by atoms with Gasteiger partial charge in [-0.3, -0.25) is 0 Å². The number of benzene rings is 3. The fraction of sp³-hybridized carbons (Fsp3) is 0.280. The second-order valence-corrected chi connectivity index (χ2v) is 13.1. The van der Waals surface area contributed by atoms with Crippen LogP contribution < -0.4 is 14.7 Å². The molecule has 0 spiro atoms. The third-order valence-electron chi connectivity index (χ3n) is 5.93. The average Bonchev–Trinajstić information content (AvgIpc) is 3.18. The highest BCUT2D eigenvalue weighted by Gasteiger charge is 2.25. The van der Waals surface area contributed by atoms with E-state index in [4.69, 9.17) is 9.47 Å². The van der Waals surface area contributed by atoms with Gasteiger partial charge in [0.05, 0.1) is 8.07 Å². The van der Waals surface area contributed by atoms with Crippen LogP contribution in [0, 0.1) is 6.92 Å². The molecule has 4 rings (SSSR count). The maximum Gasteiger partial charge on any atom is 0.231 e. The molecule has 0 fully saturated rings. The molecule has 0 radical (unpaired) electrons. The van der Waals surface area contributed by atoms with Crippen molar-refractivity contribution in [3.8, 4) is 22.6 Å². The average molecular weight is 389 g/mol. The Morgan fingerprint density at radius 2 is 1.64 bits per heavy atom. The van der Waals surface area contributed by atoms with Crippen LogP contribution in [0.2, 0.25) is 19.1 Å². The number of fused-ring (bicyclic) bond motifs is 1. The van der Waals surface area contributed by atoms with Crippen molar-refractivity contribution >= 4 is 13.3 Å². The smallest absolute Gasteiger partial charge is 0.231 e. The Labute approximate surface area is 169 Å². The van der Waals surface area contributed by atoms with Gasteiger partial charge in [0, 0.05) is 0 Å². The van der Waals surface area contributed by atoms with Gasteiger partial charge in [0.25, 0.3) is 0 Å². The summed E-state index contributed by atoms with van der Waals surface area (Å²) < 4.78 is 11.0. The van der Waals surface area contributed by atoms with Crippen molar-refractivity contribution in [2.45, 2.75) is 38.9 Å². The monoisotopic (exact) mass is 388 g/mol. The molecule has 0 aromatic heterocycles. The van der Waals surface area contributed by atoms with Crippen molar-refractivity contribution < 1.29 is 9.47 Å². The molecule has 0 aliphatic carbocycles. The van der Waals surface area contributed by atoms with Crippen LogP contribution in [0.25, 0.3) is 11.1 Å². The first-order chi connectivity index (χ1) is 13.5. The van der Waals surface area contributed by atoms with Crippen molar-refractivity contribution in [2.75, 3.05) is 6.79 Å². The Bertz CT molecular complexity index is 964. The van der Waals surface area contributed by atoms with Gasteiger partial charge in [-0.1, -0.05) is 85.3 Å². The lowest BCUT2D eigenvalue weighted by molar-refractivity contribution is 0.174. The summed E-state index contributed by atoms with van der Waals surface area (Å²) in [5, 5.41) is 1.45. The van der Waals surface area contributed by atoms with Crippen LogP contribution in [-0.2, 0) is 6.42 Å². The van der Waals surface area contributed by atoms with Gasteiger partial charge in [-0.25, -0.2) is 0 Å². The zero-order chi connectivity index (χ0) is 19.6. The van der Waals surface area contributed by atoms with E-state index in [1.165, 1.54) is 39.9 Å². The predicted molar refractivity (Wildman–Crippen MR) is 119 cm³/mol. The second kappa shape index (κ2) is 7.84. The summed E-state index contributed by atoms with van der Waals surface area (Å²) in [5.74, 6) is 1.78. The second-order valence-electron chi connectivity index (χ2n) is 8.26. The molecule has 0 saturated carbocycles. The topological polar surface area (TPSA) is 18.5 Å². The largest absolute Gasteiger partial charge is 0.454 e. The van der Waals surface area contributed by atoms with Crippen LogP contribution >= 0.6 is 0 Å². The van der Waals surface area contributed by atoms with E-state index in [1.807, 2.05) is 0 Å². The summed E-state index contributed by atoms with van der Waals surface area (Å²) in [5.41, 5.74) is 5.54. The lowest BCUT2D eigenvalue weighted by atomic mass is 9.94. The molecule has 0 amide bonds. The van der Waals surface area contributed by atoms with E-state index in [2.05, 4.69) is 86.7 Å². The lowest BCUT2D eigenvalue weighted by Gasteiger charge is -2.23. The molecule has 0 atom stereocenters. The number of rotatable bonds is 6. The van der Waals surface area contributed by atoms with Crippen molar-refractivity contribution in [3.05, 3.63) is 77.9 Å². The van der Waals surface area contributed by atoms with Gasteiger partial charge in [-0.05, 0) is 47.7 Å². The summed E-state index contributed by atoms with van der Waals surface area (Å²) >= 11 is 0. The molecule has 0 unspecified atom stereocenters. The quantitative estimate of drug-likeness (QED) is 0.487. The minimum atomic E-state index is -1.51. The highest BCUT2D eigenvalue weighted by molar-refractivity contribution is 6.89. The SMILES string of the molecule is Cc1c(CCC[Si](C)(C)c2ccc3c(c2)OCO3)cccc1-c1ccccc1. The van der Waals surface area contributed by atoms with E-state index in [1.54, 1.807) is 0 Å². The minimum Gasteiger partial charge on any atom is -0.454 e. The van der Waals surface area contributed by atoms with Crippen LogP contribution in [0.4, 0.5) is 0 Å². The number of hydrogen-bond donors (Lipinski definition) is 0. The molecule has 1 heterocycles. The molecule has 3 aromatic rings. The molecule has 3 aromatic carbocycles. The third kappa shape index (κ3) is 3.85. The zero-order valence-corrected chi connectivity index (χ0v) is 18.0. The Hall–Kier alpha value is -2.52. The molecule has 1 aliphatic rings. The third-order valence-corrected chi connectivity index (χ3v) is 9.41. The summed E-state index contributed by atoms with van der Waals surface area (Å²) in [6, 6.07) is 25.2. The van der Waals surface area contributed by atoms with Crippen molar-refractivity contribution in [1.29, 1.82) is 0 Å². The minimum absolute atomic E-state index is 0.345. The number of hydrogen-bond acceptors (Lipinski definition) is 2. The summed E-state index contributed by atoms with van der Waals surface area (Å²) in [7, 11) is -1.51. The lowest BCUT2D eigenvalue weighted by Crippen LogP contribution is -2.41. The molecule has 144 valence electrons. The molecule has 0 saturated heterocycles. The molecule has 0 N–H and O–H groups in total. The maximum absolute atomic E-state index is 5.58. The van der Waals surface area contributed by atoms with E-state index >= 15 is 0 Å². The van der Waals surface area contributed by atoms with Gasteiger partial charge in [0.1, 0.15) is 0 Å². The van der Waals surface area contributed by atoms with E-state index in [0.717, 1.165) is 17.9 Å². The summed E-state index contributed by atoms with van der Waals surface area (Å²) in [4.78, 5) is 0. The first-order valence-corrected chi connectivity index (χ1v) is 13.3. The Kier molecular flexibility index (Phi) is 5.27. The van der Waals surface area contributed by atoms with Gasteiger partial charge in [0.2, 0.25) is 6.79 Å². The van der Waals surface area contributed by atoms with Gasteiger partial charge >= 0.3 is 0 Å². The van der Waals surface area contributed by atoms with Crippen LogP contribution in [-0.4, -0.2) is 14.9 Å².